The fraction of sp³-hybridized carbons (Fsp3) is 0.474. The molecule has 1 aromatic heterocycles. The van der Waals surface area contributed by atoms with Crippen LogP contribution in [0.15, 0.2) is 41.6 Å². The normalized spacial score (nSPS) is 12.4. The van der Waals surface area contributed by atoms with E-state index < -0.39 is 0 Å². The van der Waals surface area contributed by atoms with Gasteiger partial charge in [-0.25, -0.2) is 0 Å². The summed E-state index contributed by atoms with van der Waals surface area (Å²) in [6.07, 6.45) is 3.88. The highest BCUT2D eigenvalue weighted by Gasteiger charge is 2.21. The van der Waals surface area contributed by atoms with Crippen LogP contribution in [0.25, 0.3) is 0 Å². The Kier molecular flexibility index (Phi) is 6.49. The summed E-state index contributed by atoms with van der Waals surface area (Å²) >= 11 is 1.61. The molecule has 0 aliphatic rings. The van der Waals surface area contributed by atoms with Crippen LogP contribution >= 0.6 is 11.8 Å². The van der Waals surface area contributed by atoms with Crippen LogP contribution in [0, 0.1) is 6.92 Å². The summed E-state index contributed by atoms with van der Waals surface area (Å²) in [6, 6.07) is 8.65. The number of nitrogens with zero attached hydrogens (tertiary/aromatic N) is 3. The lowest BCUT2D eigenvalue weighted by Gasteiger charge is -2.23. The van der Waals surface area contributed by atoms with Crippen molar-refractivity contribution in [2.45, 2.75) is 57.4 Å². The van der Waals surface area contributed by atoms with Gasteiger partial charge in [-0.1, -0.05) is 17.7 Å². The molecule has 0 aliphatic heterocycles. The Morgan fingerprint density at radius 3 is 2.46 bits per heavy atom. The minimum Gasteiger partial charge on any atom is -0.338 e. The highest BCUT2D eigenvalue weighted by molar-refractivity contribution is 8.00. The van der Waals surface area contributed by atoms with Crippen molar-refractivity contribution in [3.8, 4) is 0 Å². The number of aromatic nitrogens is 2. The van der Waals surface area contributed by atoms with Gasteiger partial charge < -0.3 is 4.90 Å². The van der Waals surface area contributed by atoms with E-state index in [2.05, 4.69) is 50.1 Å². The molecule has 24 heavy (non-hydrogen) atoms. The monoisotopic (exact) mass is 345 g/mol. The third kappa shape index (κ3) is 4.87. The van der Waals surface area contributed by atoms with Crippen LogP contribution in [0.5, 0.6) is 0 Å². The Morgan fingerprint density at radius 1 is 1.25 bits per heavy atom. The summed E-state index contributed by atoms with van der Waals surface area (Å²) in [5.74, 6) is 0.167. The van der Waals surface area contributed by atoms with Crippen LogP contribution in [0.4, 0.5) is 0 Å². The smallest absolute Gasteiger partial charge is 0.236 e. The molecule has 2 rings (SSSR count). The first kappa shape index (κ1) is 18.6. The second-order valence-corrected chi connectivity index (χ2v) is 7.76. The maximum absolute atomic E-state index is 12.8. The molecule has 0 fully saturated rings. The first-order valence-corrected chi connectivity index (χ1v) is 9.33. The highest BCUT2D eigenvalue weighted by atomic mass is 32.2. The Morgan fingerprint density at radius 2 is 1.92 bits per heavy atom. The molecule has 1 heterocycles. The molecule has 1 unspecified atom stereocenters. The van der Waals surface area contributed by atoms with Gasteiger partial charge in [-0.3, -0.25) is 9.48 Å². The number of carbonyl (C=O) groups excluding carboxylic acids is 1. The topological polar surface area (TPSA) is 38.1 Å². The standard InChI is InChI=1S/C19H27N3OS/c1-6-21(12-17-11-20-22(13-17)14(2)3)19(23)16(5)24-18-9-7-15(4)8-10-18/h7-11,13-14,16H,6,12H2,1-5H3. The second kappa shape index (κ2) is 8.38. The molecular formula is C19H27N3OS. The van der Waals surface area contributed by atoms with E-state index in [1.807, 2.05) is 35.8 Å². The average Bonchev–Trinajstić information content (AvgIpc) is 3.03. The van der Waals surface area contributed by atoms with E-state index in [-0.39, 0.29) is 11.2 Å². The molecule has 4 nitrogen and oxygen atoms in total. The average molecular weight is 346 g/mol. The lowest BCUT2D eigenvalue weighted by molar-refractivity contribution is -0.130. The molecule has 0 N–H and O–H groups in total. The molecule has 0 aliphatic carbocycles. The van der Waals surface area contributed by atoms with E-state index in [1.165, 1.54) is 5.56 Å². The number of aryl methyl sites for hydroxylation is 1. The Hall–Kier alpha value is -1.75. The van der Waals surface area contributed by atoms with Gasteiger partial charge in [-0.2, -0.15) is 5.10 Å². The summed E-state index contributed by atoms with van der Waals surface area (Å²) in [7, 11) is 0. The van der Waals surface area contributed by atoms with Crippen molar-refractivity contribution in [1.82, 2.24) is 14.7 Å². The van der Waals surface area contributed by atoms with E-state index in [0.29, 0.717) is 19.1 Å². The van der Waals surface area contributed by atoms with Crippen LogP contribution in [0.3, 0.4) is 0 Å². The molecule has 0 saturated heterocycles. The maximum atomic E-state index is 12.8. The first-order chi connectivity index (χ1) is 11.4. The number of thioether (sulfide) groups is 1. The molecule has 130 valence electrons. The van der Waals surface area contributed by atoms with Gasteiger partial charge >= 0.3 is 0 Å². The van der Waals surface area contributed by atoms with E-state index >= 15 is 0 Å². The van der Waals surface area contributed by atoms with Crippen molar-refractivity contribution in [3.05, 3.63) is 47.8 Å². The zero-order valence-electron chi connectivity index (χ0n) is 15.2. The number of rotatable bonds is 7. The molecule has 5 heteroatoms. The van der Waals surface area contributed by atoms with Gasteiger partial charge in [-0.05, 0) is 46.8 Å². The van der Waals surface area contributed by atoms with E-state index in [4.69, 9.17) is 0 Å². The van der Waals surface area contributed by atoms with E-state index in [1.54, 1.807) is 11.8 Å². The number of carbonyl (C=O) groups is 1. The predicted octanol–water partition coefficient (Wildman–Crippen LogP) is 4.30. The Balaban J connectivity index is 1.99. The molecule has 0 radical (unpaired) electrons. The number of benzene rings is 1. The SMILES string of the molecule is CCN(Cc1cnn(C(C)C)c1)C(=O)C(C)Sc1ccc(C)cc1. The summed E-state index contributed by atoms with van der Waals surface area (Å²) in [5.41, 5.74) is 2.31. The quantitative estimate of drug-likeness (QED) is 0.702. The second-order valence-electron chi connectivity index (χ2n) is 6.35. The number of amides is 1. The van der Waals surface area contributed by atoms with Crippen molar-refractivity contribution in [2.24, 2.45) is 0 Å². The predicted molar refractivity (Wildman–Crippen MR) is 100 cm³/mol. The van der Waals surface area contributed by atoms with Gasteiger partial charge in [0, 0.05) is 35.8 Å². The molecule has 0 bridgehead atoms. The van der Waals surface area contributed by atoms with Crippen LogP contribution in [-0.2, 0) is 11.3 Å². The summed E-state index contributed by atoms with van der Waals surface area (Å²) < 4.78 is 1.93. The van der Waals surface area contributed by atoms with E-state index in [0.717, 1.165) is 10.5 Å². The van der Waals surface area contributed by atoms with Gasteiger partial charge in [0.1, 0.15) is 0 Å². The Bertz CT molecular complexity index is 664. The Labute approximate surface area is 149 Å². The molecule has 1 atom stereocenters. The summed E-state index contributed by atoms with van der Waals surface area (Å²) in [6.45, 7) is 11.6. The van der Waals surface area contributed by atoms with E-state index in [9.17, 15) is 4.79 Å². The molecule has 0 spiro atoms. The molecular weight excluding hydrogens is 318 g/mol. The van der Waals surface area contributed by atoms with Crippen molar-refractivity contribution < 1.29 is 4.79 Å². The maximum Gasteiger partial charge on any atom is 0.236 e. The minimum atomic E-state index is -0.104. The lowest BCUT2D eigenvalue weighted by atomic mass is 10.2. The number of hydrogen-bond acceptors (Lipinski definition) is 3. The van der Waals surface area contributed by atoms with Crippen molar-refractivity contribution in [1.29, 1.82) is 0 Å². The van der Waals surface area contributed by atoms with Crippen molar-refractivity contribution in [3.63, 3.8) is 0 Å². The molecule has 0 saturated carbocycles. The molecule has 2 aromatic rings. The molecule has 1 amide bonds. The molecule has 1 aromatic carbocycles. The van der Waals surface area contributed by atoms with Crippen LogP contribution in [0.2, 0.25) is 0 Å². The van der Waals surface area contributed by atoms with Gasteiger partial charge in [0.05, 0.1) is 11.4 Å². The van der Waals surface area contributed by atoms with Gasteiger partial charge in [0.2, 0.25) is 5.91 Å². The summed E-state index contributed by atoms with van der Waals surface area (Å²) in [5, 5.41) is 4.25. The van der Waals surface area contributed by atoms with Gasteiger partial charge in [-0.15, -0.1) is 11.8 Å². The van der Waals surface area contributed by atoms with Crippen LogP contribution < -0.4 is 0 Å². The zero-order chi connectivity index (χ0) is 17.7. The largest absolute Gasteiger partial charge is 0.338 e. The summed E-state index contributed by atoms with van der Waals surface area (Å²) in [4.78, 5) is 15.8. The van der Waals surface area contributed by atoms with Gasteiger partial charge in [0.15, 0.2) is 0 Å². The fourth-order valence-corrected chi connectivity index (χ4v) is 3.39. The zero-order valence-corrected chi connectivity index (χ0v) is 16.0. The lowest BCUT2D eigenvalue weighted by Crippen LogP contribution is -2.35. The minimum absolute atomic E-state index is 0.104. The first-order valence-electron chi connectivity index (χ1n) is 8.45. The van der Waals surface area contributed by atoms with Crippen molar-refractivity contribution in [2.75, 3.05) is 6.54 Å². The van der Waals surface area contributed by atoms with Gasteiger partial charge in [0.25, 0.3) is 0 Å². The third-order valence-electron chi connectivity index (χ3n) is 3.93. The fourth-order valence-electron chi connectivity index (χ4n) is 2.44. The highest BCUT2D eigenvalue weighted by Crippen LogP contribution is 2.25. The van der Waals surface area contributed by atoms with Crippen LogP contribution in [0.1, 0.15) is 44.9 Å². The van der Waals surface area contributed by atoms with Crippen LogP contribution in [-0.4, -0.2) is 32.4 Å². The van der Waals surface area contributed by atoms with Crippen molar-refractivity contribution >= 4 is 17.7 Å². The number of hydrogen-bond donors (Lipinski definition) is 0. The third-order valence-corrected chi connectivity index (χ3v) is 5.03.